The fourth-order valence-electron chi connectivity index (χ4n) is 1.20. The highest BCUT2D eigenvalue weighted by Gasteiger charge is 1.97. The molecule has 3 nitrogen and oxygen atoms in total. The van der Waals surface area contributed by atoms with E-state index in [0.717, 1.165) is 29.4 Å². The number of nitrogens with two attached hydrogens (primary N) is 1. The van der Waals surface area contributed by atoms with E-state index < -0.39 is 0 Å². The van der Waals surface area contributed by atoms with Crippen molar-refractivity contribution in [3.63, 3.8) is 0 Å². The molecule has 0 aliphatic heterocycles. The molecule has 0 aliphatic carbocycles. The van der Waals surface area contributed by atoms with E-state index in [1.807, 2.05) is 24.3 Å². The number of para-hydroxylation sites is 1. The number of hydrogen-bond donors (Lipinski definition) is 1. The van der Waals surface area contributed by atoms with E-state index in [4.69, 9.17) is 15.2 Å². The van der Waals surface area contributed by atoms with Crippen LogP contribution in [0.5, 0.6) is 0 Å². The maximum absolute atomic E-state index is 5.83. The number of nitrogen functional groups attached to an aromatic ring is 1. The Labute approximate surface area is 101 Å². The van der Waals surface area contributed by atoms with Gasteiger partial charge < -0.3 is 15.2 Å². The average Bonchev–Trinajstić information content (AvgIpc) is 2.30. The minimum atomic E-state index is 0.665. The van der Waals surface area contributed by atoms with Crippen molar-refractivity contribution in [2.45, 2.75) is 11.3 Å². The topological polar surface area (TPSA) is 44.5 Å². The van der Waals surface area contributed by atoms with E-state index >= 15 is 0 Å². The number of thioether (sulfide) groups is 1. The van der Waals surface area contributed by atoms with E-state index in [-0.39, 0.29) is 0 Å². The summed E-state index contributed by atoms with van der Waals surface area (Å²) < 4.78 is 10.3. The van der Waals surface area contributed by atoms with E-state index in [9.17, 15) is 0 Å². The van der Waals surface area contributed by atoms with Gasteiger partial charge in [0.15, 0.2) is 0 Å². The van der Waals surface area contributed by atoms with Crippen LogP contribution in [0.4, 0.5) is 5.69 Å². The summed E-state index contributed by atoms with van der Waals surface area (Å²) in [5.74, 6) is 1.03. The smallest absolute Gasteiger partial charge is 0.0700 e. The monoisotopic (exact) mass is 241 g/mol. The lowest BCUT2D eigenvalue weighted by Crippen LogP contribution is -2.03. The normalized spacial score (nSPS) is 10.6. The molecule has 0 atom stereocenters. The molecule has 16 heavy (non-hydrogen) atoms. The second-order valence-corrected chi connectivity index (χ2v) is 4.48. The summed E-state index contributed by atoms with van der Waals surface area (Å²) in [7, 11) is 1.68. The van der Waals surface area contributed by atoms with Gasteiger partial charge in [-0.2, -0.15) is 0 Å². The SMILES string of the molecule is COCCOCCCSc1ccccc1N. The van der Waals surface area contributed by atoms with Gasteiger partial charge in [0.2, 0.25) is 0 Å². The van der Waals surface area contributed by atoms with Crippen LogP contribution in [0, 0.1) is 0 Å². The number of methoxy groups -OCH3 is 1. The molecule has 0 aromatic heterocycles. The zero-order chi connectivity index (χ0) is 11.6. The van der Waals surface area contributed by atoms with Crippen molar-refractivity contribution in [3.05, 3.63) is 24.3 Å². The lowest BCUT2D eigenvalue weighted by molar-refractivity contribution is 0.0713. The van der Waals surface area contributed by atoms with E-state index in [2.05, 4.69) is 0 Å². The summed E-state index contributed by atoms with van der Waals surface area (Å²) in [5.41, 5.74) is 6.69. The fraction of sp³-hybridized carbons (Fsp3) is 0.500. The van der Waals surface area contributed by atoms with E-state index in [1.165, 1.54) is 0 Å². The second-order valence-electron chi connectivity index (χ2n) is 3.35. The Balaban J connectivity index is 2.05. The van der Waals surface area contributed by atoms with Crippen LogP contribution in [-0.2, 0) is 9.47 Å². The molecule has 0 aliphatic rings. The number of anilines is 1. The lowest BCUT2D eigenvalue weighted by atomic mass is 10.3. The van der Waals surface area contributed by atoms with Crippen molar-refractivity contribution in [2.75, 3.05) is 38.4 Å². The van der Waals surface area contributed by atoms with Crippen LogP contribution < -0.4 is 5.73 Å². The first-order valence-corrected chi connectivity index (χ1v) is 6.37. The first-order valence-electron chi connectivity index (χ1n) is 5.38. The molecule has 1 aromatic rings. The summed E-state index contributed by atoms with van der Waals surface area (Å²) in [6.45, 7) is 2.12. The molecule has 0 radical (unpaired) electrons. The lowest BCUT2D eigenvalue weighted by Gasteiger charge is -2.05. The molecule has 90 valence electrons. The van der Waals surface area contributed by atoms with Crippen molar-refractivity contribution >= 4 is 17.4 Å². The van der Waals surface area contributed by atoms with Crippen molar-refractivity contribution in [3.8, 4) is 0 Å². The highest BCUT2D eigenvalue weighted by molar-refractivity contribution is 7.99. The largest absolute Gasteiger partial charge is 0.398 e. The Kier molecular flexibility index (Phi) is 7.05. The molecule has 1 aromatic carbocycles. The fourth-order valence-corrected chi connectivity index (χ4v) is 2.09. The van der Waals surface area contributed by atoms with Gasteiger partial charge in [-0.15, -0.1) is 11.8 Å². The standard InChI is InChI=1S/C12H19NO2S/c1-14-8-9-15-7-4-10-16-12-6-3-2-5-11(12)13/h2-3,5-6H,4,7-10,13H2,1H3. The molecule has 0 fully saturated rings. The van der Waals surface area contributed by atoms with Gasteiger partial charge in [0.1, 0.15) is 0 Å². The predicted molar refractivity (Wildman–Crippen MR) is 68.9 cm³/mol. The zero-order valence-electron chi connectivity index (χ0n) is 9.65. The predicted octanol–water partition coefficient (Wildman–Crippen LogP) is 2.41. The van der Waals surface area contributed by atoms with Crippen LogP contribution in [0.1, 0.15) is 6.42 Å². The van der Waals surface area contributed by atoms with Crippen molar-refractivity contribution < 1.29 is 9.47 Å². The highest BCUT2D eigenvalue weighted by atomic mass is 32.2. The summed E-state index contributed by atoms with van der Waals surface area (Å²) in [4.78, 5) is 1.15. The van der Waals surface area contributed by atoms with Gasteiger partial charge in [-0.3, -0.25) is 0 Å². The van der Waals surface area contributed by atoms with Crippen LogP contribution in [0.15, 0.2) is 29.2 Å². The molecular formula is C12H19NO2S. The molecule has 0 unspecified atom stereocenters. The molecule has 0 bridgehead atoms. The number of rotatable bonds is 8. The third kappa shape index (κ3) is 5.39. The van der Waals surface area contributed by atoms with Gasteiger partial charge in [0.05, 0.1) is 13.2 Å². The van der Waals surface area contributed by atoms with Gasteiger partial charge in [-0.25, -0.2) is 0 Å². The first kappa shape index (κ1) is 13.4. The molecule has 0 saturated carbocycles. The summed E-state index contributed by atoms with van der Waals surface area (Å²) in [5, 5.41) is 0. The van der Waals surface area contributed by atoms with E-state index in [0.29, 0.717) is 13.2 Å². The quantitative estimate of drug-likeness (QED) is 0.431. The van der Waals surface area contributed by atoms with Gasteiger partial charge in [0, 0.05) is 30.1 Å². The Bertz CT molecular complexity index is 294. The second kappa shape index (κ2) is 8.44. The maximum Gasteiger partial charge on any atom is 0.0700 e. The Morgan fingerprint density at radius 1 is 1.19 bits per heavy atom. The molecule has 0 spiro atoms. The van der Waals surface area contributed by atoms with Gasteiger partial charge in [-0.1, -0.05) is 12.1 Å². The molecular weight excluding hydrogens is 222 g/mol. The van der Waals surface area contributed by atoms with Crippen LogP contribution in [-0.4, -0.2) is 32.7 Å². The molecule has 4 heteroatoms. The van der Waals surface area contributed by atoms with Crippen molar-refractivity contribution in [2.24, 2.45) is 0 Å². The van der Waals surface area contributed by atoms with Crippen LogP contribution in [0.3, 0.4) is 0 Å². The zero-order valence-corrected chi connectivity index (χ0v) is 10.5. The highest BCUT2D eigenvalue weighted by Crippen LogP contribution is 2.24. The molecule has 0 heterocycles. The van der Waals surface area contributed by atoms with Crippen molar-refractivity contribution in [1.29, 1.82) is 0 Å². The molecule has 2 N–H and O–H groups in total. The Morgan fingerprint density at radius 2 is 2.00 bits per heavy atom. The summed E-state index contributed by atoms with van der Waals surface area (Å²) in [6.07, 6.45) is 1.03. The first-order chi connectivity index (χ1) is 7.84. The Hall–Kier alpha value is -0.710. The van der Waals surface area contributed by atoms with Crippen molar-refractivity contribution in [1.82, 2.24) is 0 Å². The van der Waals surface area contributed by atoms with Crippen LogP contribution in [0.2, 0.25) is 0 Å². The van der Waals surface area contributed by atoms with Crippen LogP contribution >= 0.6 is 11.8 Å². The van der Waals surface area contributed by atoms with Crippen LogP contribution in [0.25, 0.3) is 0 Å². The number of benzene rings is 1. The van der Waals surface area contributed by atoms with Gasteiger partial charge in [-0.05, 0) is 18.6 Å². The molecule has 0 amide bonds. The third-order valence-corrected chi connectivity index (χ3v) is 3.22. The molecule has 0 saturated heterocycles. The third-order valence-electron chi connectivity index (χ3n) is 2.04. The number of hydrogen-bond acceptors (Lipinski definition) is 4. The summed E-state index contributed by atoms with van der Waals surface area (Å²) in [6, 6.07) is 7.93. The minimum Gasteiger partial charge on any atom is -0.398 e. The summed E-state index contributed by atoms with van der Waals surface area (Å²) >= 11 is 1.77. The Morgan fingerprint density at radius 3 is 2.75 bits per heavy atom. The van der Waals surface area contributed by atoms with Gasteiger partial charge >= 0.3 is 0 Å². The average molecular weight is 241 g/mol. The molecule has 1 rings (SSSR count). The number of ether oxygens (including phenoxy) is 2. The van der Waals surface area contributed by atoms with E-state index in [1.54, 1.807) is 18.9 Å². The maximum atomic E-state index is 5.83. The van der Waals surface area contributed by atoms with Gasteiger partial charge in [0.25, 0.3) is 0 Å². The minimum absolute atomic E-state index is 0.665.